The van der Waals surface area contributed by atoms with Crippen LogP contribution in [0.25, 0.3) is 16.8 Å². The fourth-order valence-electron chi connectivity index (χ4n) is 6.12. The molecule has 0 aliphatic heterocycles. The van der Waals surface area contributed by atoms with Gasteiger partial charge >= 0.3 is 0 Å². The summed E-state index contributed by atoms with van der Waals surface area (Å²) >= 11 is 0. The molecular formula is C39H32N2. The highest BCUT2D eigenvalue weighted by atomic mass is 15.2. The average molecular weight is 529 g/mol. The van der Waals surface area contributed by atoms with E-state index in [-0.39, 0.29) is 0 Å². The Morgan fingerprint density at radius 3 is 1.63 bits per heavy atom. The van der Waals surface area contributed by atoms with Gasteiger partial charge in [-0.05, 0) is 67.3 Å². The van der Waals surface area contributed by atoms with Crippen LogP contribution in [0.1, 0.15) is 24.0 Å². The van der Waals surface area contributed by atoms with Crippen molar-refractivity contribution in [1.82, 2.24) is 0 Å². The van der Waals surface area contributed by atoms with E-state index < -0.39 is 0 Å². The van der Waals surface area contributed by atoms with E-state index in [2.05, 4.69) is 162 Å². The van der Waals surface area contributed by atoms with Gasteiger partial charge in [0.2, 0.25) is 0 Å². The predicted octanol–water partition coefficient (Wildman–Crippen LogP) is 10.8. The molecule has 198 valence electrons. The molecule has 0 heterocycles. The Morgan fingerprint density at radius 2 is 1.07 bits per heavy atom. The second-order valence-corrected chi connectivity index (χ2v) is 10.6. The zero-order valence-corrected chi connectivity index (χ0v) is 23.1. The summed E-state index contributed by atoms with van der Waals surface area (Å²) in [6.07, 6.45) is 14.2. The number of anilines is 5. The summed E-state index contributed by atoms with van der Waals surface area (Å²) < 4.78 is 0. The van der Waals surface area contributed by atoms with Crippen LogP contribution < -0.4 is 9.80 Å². The highest BCUT2D eigenvalue weighted by molar-refractivity contribution is 6.11. The van der Waals surface area contributed by atoms with Crippen LogP contribution >= 0.6 is 0 Å². The molecule has 0 fully saturated rings. The van der Waals surface area contributed by atoms with E-state index in [0.29, 0.717) is 0 Å². The molecule has 0 aromatic heterocycles. The minimum Gasteiger partial charge on any atom is -0.310 e. The van der Waals surface area contributed by atoms with Crippen LogP contribution in [0.2, 0.25) is 0 Å². The Bertz CT molecular complexity index is 1770. The third-order valence-electron chi connectivity index (χ3n) is 7.96. The number of fused-ring (bicyclic) bond motifs is 2. The maximum Gasteiger partial charge on any atom is 0.0616 e. The van der Waals surface area contributed by atoms with Crippen molar-refractivity contribution in [3.8, 4) is 0 Å². The van der Waals surface area contributed by atoms with Gasteiger partial charge in [-0.1, -0.05) is 115 Å². The van der Waals surface area contributed by atoms with Crippen molar-refractivity contribution < 1.29 is 0 Å². The van der Waals surface area contributed by atoms with Crippen LogP contribution in [0.3, 0.4) is 0 Å². The lowest BCUT2D eigenvalue weighted by atomic mass is 9.87. The lowest BCUT2D eigenvalue weighted by Gasteiger charge is -2.36. The second kappa shape index (κ2) is 10.8. The van der Waals surface area contributed by atoms with E-state index in [1.807, 2.05) is 0 Å². The molecule has 0 radical (unpaired) electrons. The minimum atomic E-state index is 0.850. The number of rotatable bonds is 6. The molecule has 0 spiro atoms. The van der Waals surface area contributed by atoms with Crippen LogP contribution in [0, 0.1) is 0 Å². The molecule has 0 saturated carbocycles. The fourth-order valence-corrected chi connectivity index (χ4v) is 6.12. The van der Waals surface area contributed by atoms with Gasteiger partial charge in [0.05, 0.1) is 11.4 Å². The second-order valence-electron chi connectivity index (χ2n) is 10.6. The van der Waals surface area contributed by atoms with Crippen LogP contribution in [-0.4, -0.2) is 0 Å². The first-order chi connectivity index (χ1) is 20.3. The van der Waals surface area contributed by atoms with Crippen molar-refractivity contribution in [3.63, 3.8) is 0 Å². The zero-order chi connectivity index (χ0) is 27.6. The molecule has 5 aromatic rings. The molecule has 5 aromatic carbocycles. The average Bonchev–Trinajstić information content (AvgIpc) is 3.04. The number of para-hydroxylation sites is 3. The normalized spacial score (nSPS) is 14.0. The van der Waals surface area contributed by atoms with Crippen LogP contribution in [-0.2, 0) is 6.42 Å². The molecule has 7 rings (SSSR count). The highest BCUT2D eigenvalue weighted by Gasteiger charge is 2.28. The Labute approximate surface area is 242 Å². The number of hydrogen-bond donors (Lipinski definition) is 0. The van der Waals surface area contributed by atoms with Gasteiger partial charge in [0.15, 0.2) is 0 Å². The molecule has 41 heavy (non-hydrogen) atoms. The number of allylic oxidation sites excluding steroid dienone is 5. The Balaban J connectivity index is 1.57. The first-order valence-electron chi connectivity index (χ1n) is 14.3. The van der Waals surface area contributed by atoms with Crippen LogP contribution in [0.15, 0.2) is 157 Å². The standard InChI is InChI=1S/C39H32N2/c1-29-25-27-33(28-26-29)41(32-19-9-4-10-20-32)39-36-23-13-11-21-34(36)38(35-22-12-14-24-37(35)39)40(30-15-5-2-6-16-30)31-17-7-3-8-18-31/h2-13,15-23,25,27-28H,1,14,24,26H2. The molecule has 0 atom stereocenters. The van der Waals surface area contributed by atoms with Crippen molar-refractivity contribution in [2.75, 3.05) is 9.80 Å². The summed E-state index contributed by atoms with van der Waals surface area (Å²) in [4.78, 5) is 4.89. The van der Waals surface area contributed by atoms with Crippen molar-refractivity contribution in [1.29, 1.82) is 0 Å². The van der Waals surface area contributed by atoms with Gasteiger partial charge in [0, 0.05) is 39.1 Å². The predicted molar refractivity (Wildman–Crippen MR) is 176 cm³/mol. The molecule has 0 unspecified atom stereocenters. The fraction of sp³-hybridized carbons (Fsp3) is 0.0769. The number of nitrogens with zero attached hydrogens (tertiary/aromatic N) is 2. The topological polar surface area (TPSA) is 6.48 Å². The molecule has 2 nitrogen and oxygen atoms in total. The summed E-state index contributed by atoms with van der Waals surface area (Å²) in [5, 5.41) is 2.47. The first-order valence-corrected chi connectivity index (χ1v) is 14.3. The lowest BCUT2D eigenvalue weighted by molar-refractivity contribution is 0.976. The molecule has 0 N–H and O–H groups in total. The molecule has 2 heteroatoms. The van der Waals surface area contributed by atoms with E-state index in [4.69, 9.17) is 0 Å². The van der Waals surface area contributed by atoms with Crippen LogP contribution in [0.5, 0.6) is 0 Å². The van der Waals surface area contributed by atoms with Gasteiger partial charge in [-0.2, -0.15) is 0 Å². The molecule has 0 amide bonds. The van der Waals surface area contributed by atoms with Gasteiger partial charge in [-0.25, -0.2) is 0 Å². The van der Waals surface area contributed by atoms with E-state index in [0.717, 1.165) is 41.9 Å². The molecule has 2 aliphatic rings. The van der Waals surface area contributed by atoms with Crippen molar-refractivity contribution in [2.45, 2.75) is 19.3 Å². The van der Waals surface area contributed by atoms with E-state index >= 15 is 0 Å². The lowest BCUT2D eigenvalue weighted by Crippen LogP contribution is -2.21. The van der Waals surface area contributed by atoms with Gasteiger partial charge in [-0.3, -0.25) is 0 Å². The minimum absolute atomic E-state index is 0.850. The van der Waals surface area contributed by atoms with Gasteiger partial charge in [-0.15, -0.1) is 0 Å². The van der Waals surface area contributed by atoms with Gasteiger partial charge < -0.3 is 9.80 Å². The van der Waals surface area contributed by atoms with Crippen molar-refractivity contribution >= 4 is 45.3 Å². The summed E-state index contributed by atoms with van der Waals surface area (Å²) in [7, 11) is 0. The Morgan fingerprint density at radius 1 is 0.537 bits per heavy atom. The summed E-state index contributed by atoms with van der Waals surface area (Å²) in [6.45, 7) is 4.20. The first kappa shape index (κ1) is 24.9. The maximum absolute atomic E-state index is 4.20. The smallest absolute Gasteiger partial charge is 0.0616 e. The monoisotopic (exact) mass is 528 g/mol. The quantitative estimate of drug-likeness (QED) is 0.202. The molecular weight excluding hydrogens is 496 g/mol. The van der Waals surface area contributed by atoms with Crippen molar-refractivity contribution in [2.24, 2.45) is 0 Å². The van der Waals surface area contributed by atoms with Crippen molar-refractivity contribution in [3.05, 3.63) is 169 Å². The molecule has 2 aliphatic carbocycles. The van der Waals surface area contributed by atoms with E-state index in [1.54, 1.807) is 0 Å². The van der Waals surface area contributed by atoms with Crippen LogP contribution in [0.4, 0.5) is 28.4 Å². The van der Waals surface area contributed by atoms with E-state index in [1.165, 1.54) is 39.0 Å². The van der Waals surface area contributed by atoms with Gasteiger partial charge in [0.1, 0.15) is 0 Å². The molecule has 0 saturated heterocycles. The Hall–Kier alpha value is -5.08. The third kappa shape index (κ3) is 4.58. The summed E-state index contributed by atoms with van der Waals surface area (Å²) in [5.41, 5.74) is 10.9. The number of hydrogen-bond acceptors (Lipinski definition) is 2. The number of benzene rings is 5. The zero-order valence-electron chi connectivity index (χ0n) is 23.1. The van der Waals surface area contributed by atoms with Gasteiger partial charge in [0.25, 0.3) is 0 Å². The van der Waals surface area contributed by atoms with E-state index in [9.17, 15) is 0 Å². The largest absolute Gasteiger partial charge is 0.310 e. The summed E-state index contributed by atoms with van der Waals surface area (Å²) in [6, 6.07) is 41.2. The maximum atomic E-state index is 4.20. The Kier molecular flexibility index (Phi) is 6.58. The summed E-state index contributed by atoms with van der Waals surface area (Å²) in [5.74, 6) is 0. The SMILES string of the molecule is C=C1C=CC(N(c2ccccc2)c2c3c(c(N(c4ccccc4)c4ccccc4)c4ccccc24)C=CCC3)=CC1. The highest BCUT2D eigenvalue weighted by Crippen LogP contribution is 2.50. The third-order valence-corrected chi connectivity index (χ3v) is 7.96. The molecule has 0 bridgehead atoms.